The molecule has 0 aliphatic rings. The molecule has 0 aromatic rings. The Balaban J connectivity index is 4.78. The molecule has 2 N–H and O–H groups in total. The highest BCUT2D eigenvalue weighted by Crippen LogP contribution is 2.12. The van der Waals surface area contributed by atoms with E-state index >= 15 is 0 Å². The van der Waals surface area contributed by atoms with Gasteiger partial charge in [-0.1, -0.05) is 13.2 Å². The van der Waals surface area contributed by atoms with Crippen molar-refractivity contribution >= 4 is 32.6 Å². The summed E-state index contributed by atoms with van der Waals surface area (Å²) < 4.78 is 20.7. The standard InChI is InChI=1S/C20H35N3O8Si/c1-15(2)17(24)30-12-10-22-20(27)23(11-13-31-18(25)16(3)4)19(26)21-9-8-14-32(7,28-5)29-6/h1,3,8-14H2,2,4-7H3,(H,21,26)(H,22,27). The number of nitrogens with zero attached hydrogens (tertiary/aromatic N) is 1. The molecule has 0 aromatic carbocycles. The van der Waals surface area contributed by atoms with E-state index in [9.17, 15) is 19.2 Å². The molecule has 0 saturated carbocycles. The van der Waals surface area contributed by atoms with Crippen LogP contribution in [0.2, 0.25) is 12.6 Å². The lowest BCUT2D eigenvalue weighted by Crippen LogP contribution is -2.50. The molecule has 4 amide bonds. The van der Waals surface area contributed by atoms with Gasteiger partial charge in [0, 0.05) is 31.9 Å². The number of amides is 4. The molecule has 0 aromatic heterocycles. The summed E-state index contributed by atoms with van der Waals surface area (Å²) in [6.45, 7) is 11.6. The Hall–Kier alpha value is -2.70. The first-order valence-corrected chi connectivity index (χ1v) is 12.6. The largest absolute Gasteiger partial charge is 0.460 e. The third kappa shape index (κ3) is 11.6. The van der Waals surface area contributed by atoms with Crippen LogP contribution >= 0.6 is 0 Å². The number of esters is 2. The maximum atomic E-state index is 12.5. The first-order chi connectivity index (χ1) is 15.0. The van der Waals surface area contributed by atoms with E-state index in [2.05, 4.69) is 23.8 Å². The van der Waals surface area contributed by atoms with E-state index in [1.54, 1.807) is 14.2 Å². The van der Waals surface area contributed by atoms with E-state index in [1.165, 1.54) is 13.8 Å². The van der Waals surface area contributed by atoms with Crippen molar-refractivity contribution in [2.24, 2.45) is 0 Å². The van der Waals surface area contributed by atoms with Crippen LogP contribution in [0, 0.1) is 0 Å². The minimum Gasteiger partial charge on any atom is -0.460 e. The molecule has 0 spiro atoms. The number of carbonyl (C=O) groups excluding carboxylic acids is 4. The van der Waals surface area contributed by atoms with Crippen molar-refractivity contribution in [2.45, 2.75) is 32.9 Å². The summed E-state index contributed by atoms with van der Waals surface area (Å²) in [5.41, 5.74) is 0.436. The molecule has 0 unspecified atom stereocenters. The summed E-state index contributed by atoms with van der Waals surface area (Å²) in [7, 11) is 0.908. The second-order valence-electron chi connectivity index (χ2n) is 7.09. The predicted octanol–water partition coefficient (Wildman–Crippen LogP) is 1.70. The Morgan fingerprint density at radius 2 is 1.31 bits per heavy atom. The fraction of sp³-hybridized carbons (Fsp3) is 0.600. The van der Waals surface area contributed by atoms with E-state index in [0.29, 0.717) is 19.0 Å². The molecule has 0 rings (SSSR count). The van der Waals surface area contributed by atoms with Crippen LogP contribution in [-0.4, -0.2) is 84.5 Å². The second kappa shape index (κ2) is 15.2. The van der Waals surface area contributed by atoms with Crippen molar-refractivity contribution in [3.05, 3.63) is 24.3 Å². The molecule has 0 fully saturated rings. The first-order valence-electron chi connectivity index (χ1n) is 10.1. The highest BCUT2D eigenvalue weighted by molar-refractivity contribution is 6.65. The van der Waals surface area contributed by atoms with Crippen LogP contribution < -0.4 is 10.6 Å². The summed E-state index contributed by atoms with van der Waals surface area (Å²) in [6, 6.07) is -0.740. The van der Waals surface area contributed by atoms with Gasteiger partial charge in [0.15, 0.2) is 0 Å². The molecule has 182 valence electrons. The SMILES string of the molecule is C=C(C)C(=O)OCCNC(=O)N(CCOC(=O)C(=C)C)C(=O)NCCC[Si](C)(OC)OC. The Kier molecular flexibility index (Phi) is 13.9. The van der Waals surface area contributed by atoms with Crippen LogP contribution in [0.25, 0.3) is 0 Å². The molecule has 0 aliphatic carbocycles. The average molecular weight is 474 g/mol. The van der Waals surface area contributed by atoms with Crippen molar-refractivity contribution in [1.82, 2.24) is 15.5 Å². The molecule has 0 atom stereocenters. The normalized spacial score (nSPS) is 10.7. The third-order valence-corrected chi connectivity index (χ3v) is 7.28. The zero-order chi connectivity index (χ0) is 24.7. The van der Waals surface area contributed by atoms with Crippen molar-refractivity contribution in [2.75, 3.05) is 47.1 Å². The van der Waals surface area contributed by atoms with Crippen molar-refractivity contribution < 1.29 is 37.5 Å². The number of imide groups is 1. The van der Waals surface area contributed by atoms with Gasteiger partial charge >= 0.3 is 32.6 Å². The summed E-state index contributed by atoms with van der Waals surface area (Å²) in [5, 5.41) is 5.13. The number of ether oxygens (including phenoxy) is 2. The molecule has 0 heterocycles. The smallest absolute Gasteiger partial charge is 0.334 e. The summed E-state index contributed by atoms with van der Waals surface area (Å²) in [6.07, 6.45) is 0.590. The monoisotopic (exact) mass is 473 g/mol. The molecular formula is C20H35N3O8Si. The number of hydrogen-bond acceptors (Lipinski definition) is 8. The lowest BCUT2D eigenvalue weighted by atomic mass is 10.4. The van der Waals surface area contributed by atoms with Gasteiger partial charge in [-0.15, -0.1) is 0 Å². The van der Waals surface area contributed by atoms with Crippen LogP contribution in [-0.2, 0) is 27.9 Å². The van der Waals surface area contributed by atoms with Crippen LogP contribution in [0.3, 0.4) is 0 Å². The quantitative estimate of drug-likeness (QED) is 0.169. The van der Waals surface area contributed by atoms with Crippen LogP contribution in [0.4, 0.5) is 9.59 Å². The summed E-state index contributed by atoms with van der Waals surface area (Å²) >= 11 is 0. The predicted molar refractivity (Wildman–Crippen MR) is 120 cm³/mol. The van der Waals surface area contributed by atoms with Gasteiger partial charge in [0.1, 0.15) is 13.2 Å². The summed E-state index contributed by atoms with van der Waals surface area (Å²) in [5.74, 6) is -1.20. The van der Waals surface area contributed by atoms with E-state index in [4.69, 9.17) is 18.3 Å². The molecule has 32 heavy (non-hydrogen) atoms. The van der Waals surface area contributed by atoms with Gasteiger partial charge in [-0.3, -0.25) is 0 Å². The molecule has 0 bridgehead atoms. The molecule has 11 nitrogen and oxygen atoms in total. The van der Waals surface area contributed by atoms with E-state index in [-0.39, 0.29) is 37.4 Å². The van der Waals surface area contributed by atoms with Crippen molar-refractivity contribution in [3.8, 4) is 0 Å². The Bertz CT molecular complexity index is 694. The number of urea groups is 2. The summed E-state index contributed by atoms with van der Waals surface area (Å²) in [4.78, 5) is 48.8. The van der Waals surface area contributed by atoms with E-state index < -0.39 is 32.6 Å². The molecule has 0 aliphatic heterocycles. The lowest BCUT2D eigenvalue weighted by Gasteiger charge is -2.24. The highest BCUT2D eigenvalue weighted by atomic mass is 28.4. The maximum Gasteiger partial charge on any atom is 0.334 e. The third-order valence-electron chi connectivity index (χ3n) is 4.29. The van der Waals surface area contributed by atoms with Gasteiger partial charge in [0.25, 0.3) is 0 Å². The highest BCUT2D eigenvalue weighted by Gasteiger charge is 2.28. The van der Waals surface area contributed by atoms with Gasteiger partial charge in [0.05, 0.1) is 13.1 Å². The minimum atomic E-state index is -2.26. The van der Waals surface area contributed by atoms with Gasteiger partial charge in [-0.2, -0.15) is 0 Å². The molecule has 0 radical (unpaired) electrons. The van der Waals surface area contributed by atoms with Crippen molar-refractivity contribution in [3.63, 3.8) is 0 Å². The zero-order valence-electron chi connectivity index (χ0n) is 19.6. The average Bonchev–Trinajstić information content (AvgIpc) is 2.76. The maximum absolute atomic E-state index is 12.5. The van der Waals surface area contributed by atoms with Gasteiger partial charge in [-0.05, 0) is 32.9 Å². The Morgan fingerprint density at radius 1 is 0.844 bits per heavy atom. The van der Waals surface area contributed by atoms with E-state index in [1.807, 2.05) is 6.55 Å². The second-order valence-corrected chi connectivity index (χ2v) is 10.7. The van der Waals surface area contributed by atoms with Crippen LogP contribution in [0.5, 0.6) is 0 Å². The fourth-order valence-corrected chi connectivity index (χ4v) is 3.55. The van der Waals surface area contributed by atoms with Gasteiger partial charge in [0.2, 0.25) is 0 Å². The molecule has 12 heteroatoms. The fourth-order valence-electron chi connectivity index (χ4n) is 2.16. The Labute approximate surface area is 190 Å². The van der Waals surface area contributed by atoms with E-state index in [0.717, 1.165) is 4.90 Å². The van der Waals surface area contributed by atoms with Crippen molar-refractivity contribution in [1.29, 1.82) is 0 Å². The minimum absolute atomic E-state index is 0.0151. The van der Waals surface area contributed by atoms with Crippen LogP contribution in [0.15, 0.2) is 24.3 Å². The van der Waals surface area contributed by atoms with Gasteiger partial charge in [-0.25, -0.2) is 24.1 Å². The first kappa shape index (κ1) is 29.3. The number of carbonyl (C=O) groups is 4. The molecule has 0 saturated heterocycles. The topological polar surface area (TPSA) is 132 Å². The number of rotatable bonds is 14. The van der Waals surface area contributed by atoms with Crippen LogP contribution in [0.1, 0.15) is 20.3 Å². The Morgan fingerprint density at radius 3 is 1.78 bits per heavy atom. The lowest BCUT2D eigenvalue weighted by molar-refractivity contribution is -0.139. The molecular weight excluding hydrogens is 438 g/mol. The number of hydrogen-bond donors (Lipinski definition) is 2. The van der Waals surface area contributed by atoms with Gasteiger partial charge < -0.3 is 29.0 Å². The number of nitrogens with one attached hydrogen (secondary N) is 2. The zero-order valence-corrected chi connectivity index (χ0v) is 20.6.